The molecule has 0 radical (unpaired) electrons. The lowest BCUT2D eigenvalue weighted by Crippen LogP contribution is -2.51. The molecule has 5 heteroatoms. The van der Waals surface area contributed by atoms with Gasteiger partial charge in [-0.2, -0.15) is 0 Å². The zero-order valence-electron chi connectivity index (χ0n) is 16.3. The SMILES string of the molecule is COc1ccc(/C=C/C(=O)NC(C)C(=O)N(C2CCCCC2)C2CC2)cc1. The molecule has 2 saturated carbocycles. The lowest BCUT2D eigenvalue weighted by molar-refractivity contribution is -0.138. The van der Waals surface area contributed by atoms with Gasteiger partial charge < -0.3 is 15.0 Å². The van der Waals surface area contributed by atoms with E-state index in [4.69, 9.17) is 4.74 Å². The van der Waals surface area contributed by atoms with E-state index in [1.165, 1.54) is 25.3 Å². The summed E-state index contributed by atoms with van der Waals surface area (Å²) in [6, 6.07) is 7.70. The molecule has 1 atom stereocenters. The Morgan fingerprint density at radius 2 is 1.70 bits per heavy atom. The van der Waals surface area contributed by atoms with E-state index in [0.29, 0.717) is 12.1 Å². The van der Waals surface area contributed by atoms with Crippen LogP contribution in [-0.4, -0.2) is 41.9 Å². The molecule has 2 aliphatic carbocycles. The van der Waals surface area contributed by atoms with E-state index in [0.717, 1.165) is 37.0 Å². The second-order valence-electron chi connectivity index (χ2n) is 7.61. The normalized spacial score (nSPS) is 18.9. The summed E-state index contributed by atoms with van der Waals surface area (Å²) in [6.45, 7) is 1.79. The number of nitrogens with zero attached hydrogens (tertiary/aromatic N) is 1. The quantitative estimate of drug-likeness (QED) is 0.747. The number of rotatable bonds is 7. The van der Waals surface area contributed by atoms with Gasteiger partial charge in [0.15, 0.2) is 0 Å². The van der Waals surface area contributed by atoms with Crippen molar-refractivity contribution in [3.63, 3.8) is 0 Å². The lowest BCUT2D eigenvalue weighted by atomic mass is 9.93. The molecule has 146 valence electrons. The molecule has 1 N–H and O–H groups in total. The fourth-order valence-corrected chi connectivity index (χ4v) is 3.80. The summed E-state index contributed by atoms with van der Waals surface area (Å²) >= 11 is 0. The molecule has 0 saturated heterocycles. The highest BCUT2D eigenvalue weighted by Gasteiger charge is 2.39. The molecule has 27 heavy (non-hydrogen) atoms. The summed E-state index contributed by atoms with van der Waals surface area (Å²) in [5.74, 6) is 0.598. The molecule has 0 aliphatic heterocycles. The molecule has 0 spiro atoms. The van der Waals surface area contributed by atoms with Gasteiger partial charge in [0.1, 0.15) is 11.8 Å². The van der Waals surface area contributed by atoms with Gasteiger partial charge in [-0.05, 0) is 56.4 Å². The fourth-order valence-electron chi connectivity index (χ4n) is 3.80. The third-order valence-corrected chi connectivity index (χ3v) is 5.43. The standard InChI is InChI=1S/C22H30N2O3/c1-16(22(26)24(19-11-12-19)18-6-4-3-5-7-18)23-21(25)15-10-17-8-13-20(27-2)14-9-17/h8-10,13-16,18-19H,3-7,11-12H2,1-2H3,(H,23,25)/b15-10+. The average molecular weight is 370 g/mol. The minimum atomic E-state index is -0.499. The van der Waals surface area contributed by atoms with Crippen LogP contribution < -0.4 is 10.1 Å². The average Bonchev–Trinajstić information content (AvgIpc) is 3.52. The second-order valence-corrected chi connectivity index (χ2v) is 7.61. The van der Waals surface area contributed by atoms with Crippen molar-refractivity contribution < 1.29 is 14.3 Å². The number of hydrogen-bond acceptors (Lipinski definition) is 3. The first kappa shape index (κ1) is 19.5. The summed E-state index contributed by atoms with van der Waals surface area (Å²) in [5.41, 5.74) is 0.909. The molecule has 3 rings (SSSR count). The van der Waals surface area contributed by atoms with Gasteiger partial charge in [0.25, 0.3) is 0 Å². The Kier molecular flexibility index (Phi) is 6.54. The van der Waals surface area contributed by atoms with Crippen molar-refractivity contribution in [1.82, 2.24) is 10.2 Å². The van der Waals surface area contributed by atoms with E-state index in [-0.39, 0.29) is 11.8 Å². The number of carbonyl (C=O) groups is 2. The van der Waals surface area contributed by atoms with Crippen molar-refractivity contribution in [3.8, 4) is 5.75 Å². The van der Waals surface area contributed by atoms with Crippen LogP contribution in [0.5, 0.6) is 5.75 Å². The van der Waals surface area contributed by atoms with Gasteiger partial charge >= 0.3 is 0 Å². The second kappa shape index (κ2) is 9.07. The van der Waals surface area contributed by atoms with Gasteiger partial charge in [0.05, 0.1) is 7.11 Å². The highest BCUT2D eigenvalue weighted by Crippen LogP contribution is 2.34. The summed E-state index contributed by atoms with van der Waals surface area (Å²) in [4.78, 5) is 27.3. The molecular formula is C22H30N2O3. The first-order valence-electron chi connectivity index (χ1n) is 10.0. The van der Waals surface area contributed by atoms with Crippen molar-refractivity contribution in [2.24, 2.45) is 0 Å². The lowest BCUT2D eigenvalue weighted by Gasteiger charge is -2.36. The smallest absolute Gasteiger partial charge is 0.245 e. The molecule has 2 aliphatic rings. The number of methoxy groups -OCH3 is 1. The van der Waals surface area contributed by atoms with Crippen molar-refractivity contribution >= 4 is 17.9 Å². The number of amides is 2. The molecule has 0 bridgehead atoms. The number of carbonyl (C=O) groups excluding carboxylic acids is 2. The van der Waals surface area contributed by atoms with Crippen LogP contribution in [0.2, 0.25) is 0 Å². The van der Waals surface area contributed by atoms with Crippen molar-refractivity contribution in [2.45, 2.75) is 70.0 Å². The molecule has 0 heterocycles. The topological polar surface area (TPSA) is 58.6 Å². The Hall–Kier alpha value is -2.30. The Bertz CT molecular complexity index is 673. The van der Waals surface area contributed by atoms with E-state index in [2.05, 4.69) is 10.2 Å². The van der Waals surface area contributed by atoms with Crippen LogP contribution in [0.1, 0.15) is 57.4 Å². The number of hydrogen-bond donors (Lipinski definition) is 1. The van der Waals surface area contributed by atoms with Crippen molar-refractivity contribution in [3.05, 3.63) is 35.9 Å². The number of ether oxygens (including phenoxy) is 1. The van der Waals surface area contributed by atoms with Gasteiger partial charge in [-0.1, -0.05) is 31.4 Å². The molecule has 0 aromatic heterocycles. The summed E-state index contributed by atoms with van der Waals surface area (Å²) in [6.07, 6.45) is 11.3. The van der Waals surface area contributed by atoms with Gasteiger partial charge in [0, 0.05) is 18.2 Å². The maximum absolute atomic E-state index is 13.0. The van der Waals surface area contributed by atoms with Gasteiger partial charge in [-0.25, -0.2) is 0 Å². The molecular weight excluding hydrogens is 340 g/mol. The van der Waals surface area contributed by atoms with Crippen LogP contribution in [0.4, 0.5) is 0 Å². The molecule has 1 aromatic rings. The van der Waals surface area contributed by atoms with Crippen LogP contribution in [-0.2, 0) is 9.59 Å². The highest BCUT2D eigenvalue weighted by molar-refractivity contribution is 5.95. The summed E-state index contributed by atoms with van der Waals surface area (Å²) in [5, 5.41) is 2.83. The molecule has 2 amide bonds. The number of benzene rings is 1. The third kappa shape index (κ3) is 5.34. The fraction of sp³-hybridized carbons (Fsp3) is 0.545. The first-order valence-corrected chi connectivity index (χ1v) is 10.0. The largest absolute Gasteiger partial charge is 0.497 e. The zero-order chi connectivity index (χ0) is 19.2. The van der Waals surface area contributed by atoms with E-state index in [9.17, 15) is 9.59 Å². The minimum Gasteiger partial charge on any atom is -0.497 e. The molecule has 2 fully saturated rings. The Balaban J connectivity index is 1.55. The van der Waals surface area contributed by atoms with Crippen LogP contribution in [0, 0.1) is 0 Å². The van der Waals surface area contributed by atoms with Crippen LogP contribution in [0.3, 0.4) is 0 Å². The Morgan fingerprint density at radius 3 is 2.30 bits per heavy atom. The van der Waals surface area contributed by atoms with Gasteiger partial charge in [0.2, 0.25) is 11.8 Å². The van der Waals surface area contributed by atoms with E-state index < -0.39 is 6.04 Å². The Morgan fingerprint density at radius 1 is 1.07 bits per heavy atom. The van der Waals surface area contributed by atoms with E-state index in [1.54, 1.807) is 20.1 Å². The summed E-state index contributed by atoms with van der Waals surface area (Å²) < 4.78 is 5.12. The van der Waals surface area contributed by atoms with Gasteiger partial charge in [-0.3, -0.25) is 9.59 Å². The van der Waals surface area contributed by atoms with E-state index in [1.807, 2.05) is 24.3 Å². The highest BCUT2D eigenvalue weighted by atomic mass is 16.5. The minimum absolute atomic E-state index is 0.0654. The predicted octanol–water partition coefficient (Wildman–Crippen LogP) is 3.54. The first-order chi connectivity index (χ1) is 13.1. The van der Waals surface area contributed by atoms with Crippen molar-refractivity contribution in [2.75, 3.05) is 7.11 Å². The molecule has 5 nitrogen and oxygen atoms in total. The van der Waals surface area contributed by atoms with Crippen LogP contribution >= 0.6 is 0 Å². The maximum Gasteiger partial charge on any atom is 0.245 e. The Labute approximate surface area is 161 Å². The monoisotopic (exact) mass is 370 g/mol. The molecule has 1 unspecified atom stereocenters. The number of nitrogens with one attached hydrogen (secondary N) is 1. The maximum atomic E-state index is 13.0. The summed E-state index contributed by atoms with van der Waals surface area (Å²) in [7, 11) is 1.62. The molecule has 1 aromatic carbocycles. The van der Waals surface area contributed by atoms with Crippen molar-refractivity contribution in [1.29, 1.82) is 0 Å². The zero-order valence-corrected chi connectivity index (χ0v) is 16.3. The van der Waals surface area contributed by atoms with E-state index >= 15 is 0 Å². The van der Waals surface area contributed by atoms with Gasteiger partial charge in [-0.15, -0.1) is 0 Å². The third-order valence-electron chi connectivity index (χ3n) is 5.43. The predicted molar refractivity (Wildman–Crippen MR) is 106 cm³/mol. The van der Waals surface area contributed by atoms with Crippen LogP contribution in [0.25, 0.3) is 6.08 Å². The van der Waals surface area contributed by atoms with Crippen LogP contribution in [0.15, 0.2) is 30.3 Å².